The summed E-state index contributed by atoms with van der Waals surface area (Å²) < 4.78 is 0. The lowest BCUT2D eigenvalue weighted by Gasteiger charge is -2.45. The molecule has 2 unspecified atom stereocenters. The van der Waals surface area contributed by atoms with Crippen molar-refractivity contribution in [3.63, 3.8) is 0 Å². The van der Waals surface area contributed by atoms with E-state index in [-0.39, 0.29) is 5.54 Å². The van der Waals surface area contributed by atoms with E-state index in [9.17, 15) is 0 Å². The van der Waals surface area contributed by atoms with Gasteiger partial charge in [-0.1, -0.05) is 43.5 Å². The average molecular weight is 229 g/mol. The van der Waals surface area contributed by atoms with Crippen molar-refractivity contribution in [3.8, 4) is 0 Å². The summed E-state index contributed by atoms with van der Waals surface area (Å²) in [5.74, 6) is 0.852. The molecule has 0 aliphatic heterocycles. The zero-order valence-corrected chi connectivity index (χ0v) is 10.8. The predicted molar refractivity (Wildman–Crippen MR) is 72.1 cm³/mol. The molecule has 0 spiro atoms. The van der Waals surface area contributed by atoms with Gasteiger partial charge in [-0.15, -0.1) is 0 Å². The molecule has 1 N–H and O–H groups in total. The van der Waals surface area contributed by atoms with Crippen LogP contribution in [-0.4, -0.2) is 7.05 Å². The molecule has 1 fully saturated rings. The summed E-state index contributed by atoms with van der Waals surface area (Å²) in [6.07, 6.45) is 9.62. The van der Waals surface area contributed by atoms with Gasteiger partial charge in [0.25, 0.3) is 0 Å². The van der Waals surface area contributed by atoms with Crippen LogP contribution in [0.15, 0.2) is 24.3 Å². The number of fused-ring (bicyclic) bond motifs is 3. The van der Waals surface area contributed by atoms with E-state index < -0.39 is 0 Å². The van der Waals surface area contributed by atoms with Crippen LogP contribution in [0.3, 0.4) is 0 Å². The van der Waals surface area contributed by atoms with E-state index in [1.54, 1.807) is 11.1 Å². The van der Waals surface area contributed by atoms with Gasteiger partial charge in [-0.05, 0) is 49.8 Å². The normalized spacial score (nSPS) is 32.4. The minimum atomic E-state index is 0.283. The Morgan fingerprint density at radius 3 is 2.88 bits per heavy atom. The third kappa shape index (κ3) is 1.72. The molecule has 1 heteroatoms. The van der Waals surface area contributed by atoms with E-state index >= 15 is 0 Å². The molecule has 0 radical (unpaired) electrons. The highest BCUT2D eigenvalue weighted by atomic mass is 15.0. The minimum Gasteiger partial charge on any atom is -0.310 e. The van der Waals surface area contributed by atoms with Gasteiger partial charge >= 0.3 is 0 Å². The van der Waals surface area contributed by atoms with Crippen LogP contribution in [0, 0.1) is 5.92 Å². The van der Waals surface area contributed by atoms with Gasteiger partial charge in [-0.25, -0.2) is 0 Å². The van der Waals surface area contributed by atoms with Crippen LogP contribution in [0.25, 0.3) is 0 Å². The summed E-state index contributed by atoms with van der Waals surface area (Å²) in [4.78, 5) is 0. The summed E-state index contributed by atoms with van der Waals surface area (Å²) in [6, 6.07) is 9.10. The second-order valence-electron chi connectivity index (χ2n) is 5.71. The van der Waals surface area contributed by atoms with Crippen molar-refractivity contribution in [1.82, 2.24) is 5.32 Å². The molecule has 0 amide bonds. The van der Waals surface area contributed by atoms with Crippen LogP contribution in [0.2, 0.25) is 0 Å². The third-order valence-electron chi connectivity index (χ3n) is 5.03. The summed E-state index contributed by atoms with van der Waals surface area (Å²) in [6.45, 7) is 0. The van der Waals surface area contributed by atoms with Gasteiger partial charge in [0.15, 0.2) is 0 Å². The first-order valence-corrected chi connectivity index (χ1v) is 7.14. The summed E-state index contributed by atoms with van der Waals surface area (Å²) >= 11 is 0. The SMILES string of the molecule is CNC12CCCCCC1CCc1ccccc12. The fourth-order valence-electron chi connectivity index (χ4n) is 4.13. The number of nitrogens with one attached hydrogen (secondary N) is 1. The Kier molecular flexibility index (Phi) is 2.96. The largest absolute Gasteiger partial charge is 0.310 e. The molecule has 2 aliphatic carbocycles. The van der Waals surface area contributed by atoms with Crippen molar-refractivity contribution < 1.29 is 0 Å². The van der Waals surface area contributed by atoms with Gasteiger partial charge in [0.2, 0.25) is 0 Å². The Morgan fingerprint density at radius 1 is 1.12 bits per heavy atom. The summed E-state index contributed by atoms with van der Waals surface area (Å²) in [5, 5.41) is 3.72. The van der Waals surface area contributed by atoms with Gasteiger partial charge in [0.05, 0.1) is 0 Å². The first kappa shape index (κ1) is 11.3. The van der Waals surface area contributed by atoms with Crippen molar-refractivity contribution in [3.05, 3.63) is 35.4 Å². The second-order valence-corrected chi connectivity index (χ2v) is 5.71. The smallest absolute Gasteiger partial charge is 0.0463 e. The molecule has 2 aliphatic rings. The Labute approximate surface area is 105 Å². The molecule has 2 atom stereocenters. The Hall–Kier alpha value is -0.820. The van der Waals surface area contributed by atoms with Crippen molar-refractivity contribution in [2.24, 2.45) is 5.92 Å². The van der Waals surface area contributed by atoms with E-state index in [0.717, 1.165) is 5.92 Å². The zero-order chi connectivity index (χ0) is 11.7. The maximum Gasteiger partial charge on any atom is 0.0463 e. The van der Waals surface area contributed by atoms with Gasteiger partial charge in [-0.2, -0.15) is 0 Å². The average Bonchev–Trinajstić information content (AvgIpc) is 2.61. The molecule has 92 valence electrons. The zero-order valence-electron chi connectivity index (χ0n) is 10.8. The standard InChI is InChI=1S/C16H23N/c1-17-16-12-6-2-3-8-14(16)11-10-13-7-4-5-9-15(13)16/h4-5,7,9,14,17H,2-3,6,8,10-12H2,1H3. The lowest BCUT2D eigenvalue weighted by Crippen LogP contribution is -2.49. The van der Waals surface area contributed by atoms with Gasteiger partial charge in [0.1, 0.15) is 0 Å². The number of hydrogen-bond acceptors (Lipinski definition) is 1. The highest BCUT2D eigenvalue weighted by Crippen LogP contribution is 2.46. The molecule has 0 aromatic heterocycles. The van der Waals surface area contributed by atoms with Gasteiger partial charge in [-0.3, -0.25) is 0 Å². The van der Waals surface area contributed by atoms with Crippen LogP contribution in [-0.2, 0) is 12.0 Å². The maximum atomic E-state index is 3.72. The fourth-order valence-corrected chi connectivity index (χ4v) is 4.13. The van der Waals surface area contributed by atoms with Crippen molar-refractivity contribution in [1.29, 1.82) is 0 Å². The topological polar surface area (TPSA) is 12.0 Å². The first-order valence-electron chi connectivity index (χ1n) is 7.14. The molecule has 1 saturated carbocycles. The molecule has 1 aromatic rings. The number of hydrogen-bond donors (Lipinski definition) is 1. The second kappa shape index (κ2) is 4.45. The molecule has 3 rings (SSSR count). The van der Waals surface area contributed by atoms with Crippen molar-refractivity contribution in [2.45, 2.75) is 50.5 Å². The first-order chi connectivity index (χ1) is 8.37. The van der Waals surface area contributed by atoms with Crippen molar-refractivity contribution in [2.75, 3.05) is 7.05 Å². The molecule has 0 heterocycles. The highest BCUT2D eigenvalue weighted by Gasteiger charge is 2.42. The molecule has 0 bridgehead atoms. The van der Waals surface area contributed by atoms with E-state index in [1.165, 1.54) is 44.9 Å². The van der Waals surface area contributed by atoms with Crippen LogP contribution in [0.4, 0.5) is 0 Å². The lowest BCUT2D eigenvalue weighted by molar-refractivity contribution is 0.180. The highest BCUT2D eigenvalue weighted by molar-refractivity contribution is 5.37. The molecule has 0 saturated heterocycles. The summed E-state index contributed by atoms with van der Waals surface area (Å²) in [5.41, 5.74) is 3.46. The molecular formula is C16H23N. The van der Waals surface area contributed by atoms with Crippen LogP contribution >= 0.6 is 0 Å². The Balaban J connectivity index is 2.09. The molecule has 1 aromatic carbocycles. The fraction of sp³-hybridized carbons (Fsp3) is 0.625. The molecule has 17 heavy (non-hydrogen) atoms. The van der Waals surface area contributed by atoms with E-state index in [1.807, 2.05) is 0 Å². The summed E-state index contributed by atoms with van der Waals surface area (Å²) in [7, 11) is 2.17. The van der Waals surface area contributed by atoms with Gasteiger partial charge < -0.3 is 5.32 Å². The van der Waals surface area contributed by atoms with Gasteiger partial charge in [0, 0.05) is 5.54 Å². The molecular weight excluding hydrogens is 206 g/mol. The Bertz CT molecular complexity index is 398. The monoisotopic (exact) mass is 229 g/mol. The number of benzene rings is 1. The minimum absolute atomic E-state index is 0.283. The quantitative estimate of drug-likeness (QED) is 0.775. The van der Waals surface area contributed by atoms with E-state index in [2.05, 4.69) is 36.6 Å². The maximum absolute atomic E-state index is 3.72. The van der Waals surface area contributed by atoms with Crippen LogP contribution in [0.5, 0.6) is 0 Å². The van der Waals surface area contributed by atoms with Crippen molar-refractivity contribution >= 4 is 0 Å². The Morgan fingerprint density at radius 2 is 2.00 bits per heavy atom. The predicted octanol–water partition coefficient (Wildman–Crippen LogP) is 3.63. The number of rotatable bonds is 1. The molecule has 1 nitrogen and oxygen atoms in total. The van der Waals surface area contributed by atoms with Crippen LogP contribution < -0.4 is 5.32 Å². The lowest BCUT2D eigenvalue weighted by atomic mass is 9.67. The third-order valence-corrected chi connectivity index (χ3v) is 5.03. The van der Waals surface area contributed by atoms with Crippen LogP contribution in [0.1, 0.15) is 49.7 Å². The van der Waals surface area contributed by atoms with E-state index in [4.69, 9.17) is 0 Å². The van der Waals surface area contributed by atoms with E-state index in [0.29, 0.717) is 0 Å². The number of aryl methyl sites for hydroxylation is 1.